The van der Waals surface area contributed by atoms with Gasteiger partial charge in [0.2, 0.25) is 0 Å². The Morgan fingerprint density at radius 1 is 1.33 bits per heavy atom. The van der Waals surface area contributed by atoms with Crippen LogP contribution in [0.15, 0.2) is 0 Å². The van der Waals surface area contributed by atoms with Gasteiger partial charge in [0.25, 0.3) is 0 Å². The smallest absolute Gasteiger partial charge is 0.173 e. The molecule has 1 heterocycles. The summed E-state index contributed by atoms with van der Waals surface area (Å²) in [7, 11) is -0.595. The number of hydrogen-bond acceptors (Lipinski definition) is 1. The fraction of sp³-hybridized carbons (Fsp3) is 1.00. The summed E-state index contributed by atoms with van der Waals surface area (Å²) in [6, 6.07) is 1.40. The molecule has 0 aromatic heterocycles. The Labute approximate surface area is 76.9 Å². The Balaban J connectivity index is 0. The van der Waals surface area contributed by atoms with Crippen molar-refractivity contribution in [2.24, 2.45) is 0 Å². The minimum Gasteiger partial charge on any atom is -0.420 e. The lowest BCUT2D eigenvalue weighted by molar-refractivity contribution is 0.291. The molecule has 1 saturated heterocycles. The van der Waals surface area contributed by atoms with E-state index in [4.69, 9.17) is 4.43 Å². The third-order valence-corrected chi connectivity index (χ3v) is 3.43. The van der Waals surface area contributed by atoms with Crippen LogP contribution in [0.1, 0.15) is 20.3 Å². The molecule has 0 aromatic rings. The highest BCUT2D eigenvalue weighted by Gasteiger charge is 2.08. The molecule has 0 aromatic carbocycles. The van der Waals surface area contributed by atoms with Crippen LogP contribution in [-0.2, 0) is 4.43 Å². The highest BCUT2D eigenvalue weighted by molar-refractivity contribution is 14.0. The first-order valence-corrected chi connectivity index (χ1v) is 5.45. The number of rotatable bonds is 0. The van der Waals surface area contributed by atoms with Gasteiger partial charge in [-0.05, 0) is 19.0 Å². The van der Waals surface area contributed by atoms with Crippen LogP contribution < -0.4 is 0 Å². The first kappa shape index (κ1) is 12.6. The van der Waals surface area contributed by atoms with Crippen LogP contribution >= 0.6 is 24.0 Å². The summed E-state index contributed by atoms with van der Waals surface area (Å²) >= 11 is 0. The SMILES string of the molecule is C.C[SiH]1CCCCO1.I. The van der Waals surface area contributed by atoms with Crippen LogP contribution in [0.3, 0.4) is 0 Å². The first-order valence-electron chi connectivity index (χ1n) is 3.01. The summed E-state index contributed by atoms with van der Waals surface area (Å²) in [5, 5.41) is 0. The van der Waals surface area contributed by atoms with Crippen molar-refractivity contribution in [3.63, 3.8) is 0 Å². The van der Waals surface area contributed by atoms with Crippen molar-refractivity contribution in [3.8, 4) is 0 Å². The Kier molecular flexibility index (Phi) is 9.80. The molecule has 0 N–H and O–H groups in total. The van der Waals surface area contributed by atoms with Crippen molar-refractivity contribution >= 4 is 33.0 Å². The molecule has 0 bridgehead atoms. The summed E-state index contributed by atoms with van der Waals surface area (Å²) in [6.45, 7) is 3.33. The number of hydrogen-bond donors (Lipinski definition) is 0. The Morgan fingerprint density at radius 2 is 2.00 bits per heavy atom. The quantitative estimate of drug-likeness (QED) is 0.480. The Morgan fingerprint density at radius 3 is 2.22 bits per heavy atom. The topological polar surface area (TPSA) is 9.23 Å². The highest BCUT2D eigenvalue weighted by Crippen LogP contribution is 2.09. The second-order valence-corrected chi connectivity index (χ2v) is 4.71. The maximum Gasteiger partial charge on any atom is 0.173 e. The van der Waals surface area contributed by atoms with E-state index in [-0.39, 0.29) is 31.4 Å². The lowest BCUT2D eigenvalue weighted by Crippen LogP contribution is -2.18. The van der Waals surface area contributed by atoms with Crippen LogP contribution in [0.4, 0.5) is 0 Å². The van der Waals surface area contributed by atoms with E-state index in [0.29, 0.717) is 0 Å². The van der Waals surface area contributed by atoms with Crippen molar-refractivity contribution in [2.75, 3.05) is 6.61 Å². The van der Waals surface area contributed by atoms with E-state index in [1.807, 2.05) is 0 Å². The zero-order valence-electron chi connectivity index (χ0n) is 5.22. The molecule has 1 nitrogen and oxygen atoms in total. The molecule has 1 fully saturated rings. The highest BCUT2D eigenvalue weighted by atomic mass is 127. The molecular weight excluding hydrogens is 243 g/mol. The third kappa shape index (κ3) is 5.36. The molecule has 3 heteroatoms. The average Bonchev–Trinajstić information content (AvgIpc) is 1.69. The maximum absolute atomic E-state index is 5.42. The largest absolute Gasteiger partial charge is 0.420 e. The van der Waals surface area contributed by atoms with Gasteiger partial charge in [-0.15, -0.1) is 24.0 Å². The normalized spacial score (nSPS) is 25.7. The summed E-state index contributed by atoms with van der Waals surface area (Å²) in [6.07, 6.45) is 2.73. The summed E-state index contributed by atoms with van der Waals surface area (Å²) < 4.78 is 5.42. The predicted molar refractivity (Wildman–Crippen MR) is 55.2 cm³/mol. The molecule has 9 heavy (non-hydrogen) atoms. The van der Waals surface area contributed by atoms with E-state index in [1.54, 1.807) is 0 Å². The van der Waals surface area contributed by atoms with Crippen LogP contribution in [0.5, 0.6) is 0 Å². The Hall–Kier alpha value is 0.907. The molecule has 0 aliphatic carbocycles. The Bertz CT molecular complexity index is 55.0. The zero-order chi connectivity index (χ0) is 5.11. The molecule has 58 valence electrons. The molecule has 0 saturated carbocycles. The predicted octanol–water partition coefficient (Wildman–Crippen LogP) is 2.40. The van der Waals surface area contributed by atoms with Crippen LogP contribution in [0, 0.1) is 0 Å². The summed E-state index contributed by atoms with van der Waals surface area (Å²) in [5.41, 5.74) is 0. The fourth-order valence-electron chi connectivity index (χ4n) is 0.902. The van der Waals surface area contributed by atoms with Crippen molar-refractivity contribution in [1.82, 2.24) is 0 Å². The zero-order valence-corrected chi connectivity index (χ0v) is 8.71. The first-order chi connectivity index (χ1) is 3.39. The van der Waals surface area contributed by atoms with Gasteiger partial charge in [0.15, 0.2) is 9.04 Å². The fourth-order valence-corrected chi connectivity index (χ4v) is 2.50. The van der Waals surface area contributed by atoms with E-state index in [9.17, 15) is 0 Å². The maximum atomic E-state index is 5.42. The van der Waals surface area contributed by atoms with Gasteiger partial charge in [0.05, 0.1) is 0 Å². The van der Waals surface area contributed by atoms with E-state index >= 15 is 0 Å². The van der Waals surface area contributed by atoms with Gasteiger partial charge in [0, 0.05) is 6.61 Å². The molecule has 0 amide bonds. The average molecular weight is 260 g/mol. The lowest BCUT2D eigenvalue weighted by atomic mass is 10.4. The van der Waals surface area contributed by atoms with Gasteiger partial charge in [-0.25, -0.2) is 0 Å². The summed E-state index contributed by atoms with van der Waals surface area (Å²) in [5.74, 6) is 0. The standard InChI is InChI=1S/C5H12OSi.CH4.HI/c1-7-5-3-2-4-6-7;;/h7H,2-5H2,1H3;1H4;1H. The van der Waals surface area contributed by atoms with Crippen molar-refractivity contribution in [1.29, 1.82) is 0 Å². The van der Waals surface area contributed by atoms with Gasteiger partial charge in [-0.2, -0.15) is 0 Å². The minimum absolute atomic E-state index is 0. The van der Waals surface area contributed by atoms with Gasteiger partial charge < -0.3 is 4.43 Å². The van der Waals surface area contributed by atoms with Crippen LogP contribution in [0.2, 0.25) is 12.6 Å². The molecule has 1 atom stereocenters. The molecule has 0 spiro atoms. The molecule has 1 aliphatic rings. The van der Waals surface area contributed by atoms with E-state index in [2.05, 4.69) is 6.55 Å². The molecule has 1 unspecified atom stereocenters. The van der Waals surface area contributed by atoms with E-state index < -0.39 is 9.04 Å². The van der Waals surface area contributed by atoms with Crippen molar-refractivity contribution < 1.29 is 4.43 Å². The summed E-state index contributed by atoms with van der Waals surface area (Å²) in [4.78, 5) is 0. The monoisotopic (exact) mass is 260 g/mol. The van der Waals surface area contributed by atoms with Crippen molar-refractivity contribution in [2.45, 2.75) is 32.9 Å². The lowest BCUT2D eigenvalue weighted by Gasteiger charge is -2.16. The van der Waals surface area contributed by atoms with E-state index in [1.165, 1.54) is 18.9 Å². The second-order valence-electron chi connectivity index (χ2n) is 2.18. The molecule has 1 aliphatic heterocycles. The molecular formula is C6H17IOSi. The minimum atomic E-state index is -0.595. The van der Waals surface area contributed by atoms with Gasteiger partial charge >= 0.3 is 0 Å². The van der Waals surface area contributed by atoms with E-state index in [0.717, 1.165) is 6.61 Å². The molecule has 0 radical (unpaired) electrons. The van der Waals surface area contributed by atoms with Gasteiger partial charge in [-0.1, -0.05) is 13.8 Å². The van der Waals surface area contributed by atoms with Gasteiger partial charge in [0.1, 0.15) is 0 Å². The van der Waals surface area contributed by atoms with Crippen LogP contribution in [0.25, 0.3) is 0 Å². The van der Waals surface area contributed by atoms with Crippen molar-refractivity contribution in [3.05, 3.63) is 0 Å². The second kappa shape index (κ2) is 7.02. The van der Waals surface area contributed by atoms with Gasteiger partial charge in [-0.3, -0.25) is 0 Å². The third-order valence-electron chi connectivity index (χ3n) is 1.41. The number of halogens is 1. The van der Waals surface area contributed by atoms with Crippen LogP contribution in [-0.4, -0.2) is 15.6 Å². The molecule has 1 rings (SSSR count).